The van der Waals surface area contributed by atoms with Crippen LogP contribution in [0.3, 0.4) is 0 Å². The standard InChI is InChI=1S/C45H89NO6/c1-5-9-13-16-17-24-34-43(33-23-15-11-7-3)44(48)50-39-29-20-18-25-35-46(37-27-28-38-47)36-26-19-21-30-40-51-45(49)52-41-42(31-12-8-4)32-22-14-10-6-2/h42-43,47H,5-41H2,1-4H3. The predicted octanol–water partition coefficient (Wildman–Crippen LogP) is 13.0. The Morgan fingerprint density at radius 1 is 0.462 bits per heavy atom. The maximum Gasteiger partial charge on any atom is 0.508 e. The van der Waals surface area contributed by atoms with Gasteiger partial charge in [-0.2, -0.15) is 0 Å². The van der Waals surface area contributed by atoms with E-state index in [0.717, 1.165) is 122 Å². The quantitative estimate of drug-likeness (QED) is 0.0493. The second-order valence-corrected chi connectivity index (χ2v) is 15.6. The molecule has 0 fully saturated rings. The van der Waals surface area contributed by atoms with E-state index in [4.69, 9.17) is 14.2 Å². The fourth-order valence-corrected chi connectivity index (χ4v) is 7.07. The zero-order valence-corrected chi connectivity index (χ0v) is 35.3. The van der Waals surface area contributed by atoms with Crippen LogP contribution in [0.2, 0.25) is 0 Å². The lowest BCUT2D eigenvalue weighted by atomic mass is 9.94. The van der Waals surface area contributed by atoms with Crippen LogP contribution < -0.4 is 0 Å². The van der Waals surface area contributed by atoms with E-state index in [2.05, 4.69) is 32.6 Å². The van der Waals surface area contributed by atoms with E-state index >= 15 is 0 Å². The van der Waals surface area contributed by atoms with E-state index in [1.807, 2.05) is 0 Å². The Morgan fingerprint density at radius 3 is 1.44 bits per heavy atom. The first-order chi connectivity index (χ1) is 25.5. The zero-order valence-electron chi connectivity index (χ0n) is 35.3. The number of esters is 1. The maximum absolute atomic E-state index is 12.9. The molecule has 1 N–H and O–H groups in total. The Kier molecular flexibility index (Phi) is 39.8. The van der Waals surface area contributed by atoms with Crippen molar-refractivity contribution in [3.8, 4) is 0 Å². The molecule has 0 aromatic rings. The average Bonchev–Trinajstić information content (AvgIpc) is 3.15. The number of aliphatic hydroxyl groups is 1. The van der Waals surface area contributed by atoms with Gasteiger partial charge in [-0.05, 0) is 89.8 Å². The van der Waals surface area contributed by atoms with E-state index in [0.29, 0.717) is 25.7 Å². The minimum absolute atomic E-state index is 0.0473. The molecular weight excluding hydrogens is 650 g/mol. The lowest BCUT2D eigenvalue weighted by Gasteiger charge is -2.22. The van der Waals surface area contributed by atoms with Crippen molar-refractivity contribution in [1.82, 2.24) is 4.90 Å². The summed E-state index contributed by atoms with van der Waals surface area (Å²) in [7, 11) is 0. The van der Waals surface area contributed by atoms with Crippen LogP contribution in [0.4, 0.5) is 4.79 Å². The number of unbranched alkanes of at least 4 members (excludes halogenated alkanes) is 19. The molecule has 0 radical (unpaired) electrons. The molecule has 0 aromatic carbocycles. The van der Waals surface area contributed by atoms with E-state index in [9.17, 15) is 14.7 Å². The third-order valence-corrected chi connectivity index (χ3v) is 10.6. The van der Waals surface area contributed by atoms with E-state index < -0.39 is 6.16 Å². The highest BCUT2D eigenvalue weighted by Crippen LogP contribution is 2.21. The first-order valence-corrected chi connectivity index (χ1v) is 22.8. The van der Waals surface area contributed by atoms with Gasteiger partial charge in [-0.25, -0.2) is 4.79 Å². The van der Waals surface area contributed by atoms with Crippen LogP contribution in [0.15, 0.2) is 0 Å². The van der Waals surface area contributed by atoms with Crippen LogP contribution in [-0.2, 0) is 19.0 Å². The lowest BCUT2D eigenvalue weighted by Crippen LogP contribution is -2.27. The summed E-state index contributed by atoms with van der Waals surface area (Å²) >= 11 is 0. The summed E-state index contributed by atoms with van der Waals surface area (Å²) in [5.41, 5.74) is 0. The first kappa shape index (κ1) is 50.7. The van der Waals surface area contributed by atoms with Crippen molar-refractivity contribution in [1.29, 1.82) is 0 Å². The number of aliphatic hydroxyl groups excluding tert-OH is 1. The van der Waals surface area contributed by atoms with Crippen LogP contribution in [-0.4, -0.2) is 68.2 Å². The molecule has 0 aliphatic carbocycles. The minimum Gasteiger partial charge on any atom is -0.465 e. The molecule has 0 saturated heterocycles. The lowest BCUT2D eigenvalue weighted by molar-refractivity contribution is -0.149. The van der Waals surface area contributed by atoms with Gasteiger partial charge in [-0.1, -0.05) is 156 Å². The molecule has 2 atom stereocenters. The number of carbonyl (C=O) groups excluding carboxylic acids is 2. The highest BCUT2D eigenvalue weighted by atomic mass is 16.7. The highest BCUT2D eigenvalue weighted by molar-refractivity contribution is 5.72. The van der Waals surface area contributed by atoms with Crippen molar-refractivity contribution in [2.45, 2.75) is 220 Å². The predicted molar refractivity (Wildman–Crippen MR) is 220 cm³/mol. The second kappa shape index (κ2) is 40.8. The molecule has 7 heteroatoms. The molecule has 7 nitrogen and oxygen atoms in total. The van der Waals surface area contributed by atoms with Gasteiger partial charge in [0.25, 0.3) is 0 Å². The number of carbonyl (C=O) groups is 2. The Hall–Kier alpha value is -1.34. The summed E-state index contributed by atoms with van der Waals surface area (Å²) < 4.78 is 16.7. The van der Waals surface area contributed by atoms with Gasteiger partial charge in [-0.15, -0.1) is 0 Å². The SMILES string of the molecule is CCCCCCCCC(CCCCCC)C(=O)OCCCCCCN(CCCCO)CCCCCCOC(=O)OCC(CCCC)CCCCCC. The summed E-state index contributed by atoms with van der Waals surface area (Å²) in [5.74, 6) is 0.588. The Morgan fingerprint density at radius 2 is 0.885 bits per heavy atom. The molecule has 0 heterocycles. The molecule has 0 amide bonds. The summed E-state index contributed by atoms with van der Waals surface area (Å²) in [6, 6.07) is 0. The van der Waals surface area contributed by atoms with Gasteiger partial charge in [0, 0.05) is 6.61 Å². The molecule has 0 spiro atoms. The van der Waals surface area contributed by atoms with Crippen LogP contribution in [0.1, 0.15) is 220 Å². The Bertz CT molecular complexity index is 749. The topological polar surface area (TPSA) is 85.3 Å². The molecule has 0 aromatic heterocycles. The number of nitrogens with zero attached hydrogens (tertiary/aromatic N) is 1. The van der Waals surface area contributed by atoms with Crippen molar-refractivity contribution in [2.24, 2.45) is 11.8 Å². The van der Waals surface area contributed by atoms with Gasteiger partial charge in [0.2, 0.25) is 0 Å². The monoisotopic (exact) mass is 740 g/mol. The zero-order chi connectivity index (χ0) is 38.2. The maximum atomic E-state index is 12.9. The number of ether oxygens (including phenoxy) is 3. The molecule has 52 heavy (non-hydrogen) atoms. The Balaban J connectivity index is 4.22. The normalized spacial score (nSPS) is 12.7. The third-order valence-electron chi connectivity index (χ3n) is 10.6. The molecule has 0 saturated carbocycles. The molecule has 0 bridgehead atoms. The van der Waals surface area contributed by atoms with Gasteiger partial charge < -0.3 is 24.2 Å². The Labute approximate surface area is 323 Å². The van der Waals surface area contributed by atoms with E-state index in [1.54, 1.807) is 0 Å². The summed E-state index contributed by atoms with van der Waals surface area (Å²) in [5, 5.41) is 9.28. The van der Waals surface area contributed by atoms with Crippen LogP contribution in [0.25, 0.3) is 0 Å². The van der Waals surface area contributed by atoms with Gasteiger partial charge in [0.05, 0.1) is 25.7 Å². The largest absolute Gasteiger partial charge is 0.508 e. The molecule has 0 rings (SSSR count). The minimum atomic E-state index is -0.506. The van der Waals surface area contributed by atoms with Gasteiger partial charge in [0.15, 0.2) is 0 Å². The third kappa shape index (κ3) is 34.4. The smallest absolute Gasteiger partial charge is 0.465 e. The van der Waals surface area contributed by atoms with E-state index in [1.165, 1.54) is 89.9 Å². The van der Waals surface area contributed by atoms with Crippen molar-refractivity contribution in [2.75, 3.05) is 46.1 Å². The molecule has 310 valence electrons. The summed E-state index contributed by atoms with van der Waals surface area (Å²) in [6.45, 7) is 13.9. The van der Waals surface area contributed by atoms with Gasteiger partial charge >= 0.3 is 12.1 Å². The number of hydrogen-bond acceptors (Lipinski definition) is 7. The van der Waals surface area contributed by atoms with Crippen LogP contribution in [0.5, 0.6) is 0 Å². The second-order valence-electron chi connectivity index (χ2n) is 15.6. The van der Waals surface area contributed by atoms with Gasteiger partial charge in [0.1, 0.15) is 0 Å². The van der Waals surface area contributed by atoms with E-state index in [-0.39, 0.29) is 18.5 Å². The van der Waals surface area contributed by atoms with Crippen molar-refractivity contribution in [3.05, 3.63) is 0 Å². The van der Waals surface area contributed by atoms with Crippen LogP contribution >= 0.6 is 0 Å². The summed E-state index contributed by atoms with van der Waals surface area (Å²) in [6.07, 6.45) is 33.9. The summed E-state index contributed by atoms with van der Waals surface area (Å²) in [4.78, 5) is 27.7. The number of hydrogen-bond donors (Lipinski definition) is 1. The molecule has 0 aliphatic heterocycles. The molecule has 2 unspecified atom stereocenters. The molecule has 0 aliphatic rings. The first-order valence-electron chi connectivity index (χ1n) is 22.8. The van der Waals surface area contributed by atoms with Crippen molar-refractivity contribution >= 4 is 12.1 Å². The average molecular weight is 740 g/mol. The van der Waals surface area contributed by atoms with Crippen LogP contribution in [0, 0.1) is 11.8 Å². The van der Waals surface area contributed by atoms with Crippen molar-refractivity contribution < 1.29 is 28.9 Å². The highest BCUT2D eigenvalue weighted by Gasteiger charge is 2.19. The fourth-order valence-electron chi connectivity index (χ4n) is 7.07. The fraction of sp³-hybridized carbons (Fsp3) is 0.956. The number of rotatable bonds is 41. The molecular formula is C45H89NO6. The van der Waals surface area contributed by atoms with Gasteiger partial charge in [-0.3, -0.25) is 4.79 Å². The van der Waals surface area contributed by atoms with Crippen molar-refractivity contribution in [3.63, 3.8) is 0 Å².